The number of hydrogen-bond donors (Lipinski definition) is 0. The van der Waals surface area contributed by atoms with Gasteiger partial charge in [0.1, 0.15) is 6.61 Å². The number of nitro groups is 1. The fourth-order valence-electron chi connectivity index (χ4n) is 3.16. The van der Waals surface area contributed by atoms with Crippen LogP contribution in [-0.2, 0) is 20.9 Å². The van der Waals surface area contributed by atoms with Crippen LogP contribution in [0.2, 0.25) is 0 Å². The van der Waals surface area contributed by atoms with Gasteiger partial charge in [0.15, 0.2) is 0 Å². The molecule has 0 aliphatic carbocycles. The van der Waals surface area contributed by atoms with E-state index >= 15 is 0 Å². The molecule has 0 aromatic heterocycles. The van der Waals surface area contributed by atoms with Crippen LogP contribution < -0.4 is 0 Å². The molecule has 140 valence electrons. The van der Waals surface area contributed by atoms with Crippen LogP contribution in [0, 0.1) is 16.0 Å². The zero-order valence-electron chi connectivity index (χ0n) is 14.9. The van der Waals surface area contributed by atoms with Crippen molar-refractivity contribution in [3.05, 3.63) is 75.8 Å². The van der Waals surface area contributed by atoms with Gasteiger partial charge in [0.05, 0.1) is 16.9 Å². The number of amides is 1. The fraction of sp³-hybridized carbons (Fsp3) is 0.300. The van der Waals surface area contributed by atoms with Crippen molar-refractivity contribution in [2.24, 2.45) is 5.92 Å². The Morgan fingerprint density at radius 1 is 1.22 bits per heavy atom. The monoisotopic (exact) mass is 368 g/mol. The molecule has 1 saturated heterocycles. The SMILES string of the molecule is C[C@@H](c1ccccc1)N1C[C@@H](C(=O)OCc2ccc([N+](=O)[O-])cc2)CC1=O. The van der Waals surface area contributed by atoms with Crippen LogP contribution in [0.25, 0.3) is 0 Å². The average molecular weight is 368 g/mol. The number of carbonyl (C=O) groups is 2. The largest absolute Gasteiger partial charge is 0.461 e. The molecule has 1 aliphatic heterocycles. The Morgan fingerprint density at radius 2 is 1.89 bits per heavy atom. The molecular weight excluding hydrogens is 348 g/mol. The maximum Gasteiger partial charge on any atom is 0.311 e. The van der Waals surface area contributed by atoms with Gasteiger partial charge in [0, 0.05) is 25.1 Å². The number of non-ortho nitro benzene ring substituents is 1. The Kier molecular flexibility index (Phi) is 5.49. The summed E-state index contributed by atoms with van der Waals surface area (Å²) in [6.07, 6.45) is 0.135. The minimum absolute atomic E-state index is 0.0167. The van der Waals surface area contributed by atoms with E-state index in [0.717, 1.165) is 5.56 Å². The zero-order valence-corrected chi connectivity index (χ0v) is 14.9. The van der Waals surface area contributed by atoms with E-state index in [4.69, 9.17) is 4.74 Å². The molecule has 3 rings (SSSR count). The van der Waals surface area contributed by atoms with Crippen molar-refractivity contribution in [1.82, 2.24) is 4.90 Å². The summed E-state index contributed by atoms with van der Waals surface area (Å²) in [6, 6.07) is 15.4. The summed E-state index contributed by atoms with van der Waals surface area (Å²) in [5, 5.41) is 10.7. The van der Waals surface area contributed by atoms with Crippen LogP contribution in [-0.4, -0.2) is 28.2 Å². The van der Waals surface area contributed by atoms with Crippen LogP contribution in [0.5, 0.6) is 0 Å². The van der Waals surface area contributed by atoms with Crippen molar-refractivity contribution >= 4 is 17.6 Å². The van der Waals surface area contributed by atoms with Gasteiger partial charge in [-0.05, 0) is 30.2 Å². The third kappa shape index (κ3) is 4.31. The Labute approximate surface area is 156 Å². The number of nitro benzene ring substituents is 1. The number of carbonyl (C=O) groups excluding carboxylic acids is 2. The summed E-state index contributed by atoms with van der Waals surface area (Å²) in [4.78, 5) is 36.5. The highest BCUT2D eigenvalue weighted by Gasteiger charge is 2.37. The smallest absolute Gasteiger partial charge is 0.311 e. The molecular formula is C20H20N2O5. The second-order valence-corrected chi connectivity index (χ2v) is 6.57. The van der Waals surface area contributed by atoms with E-state index < -0.39 is 16.8 Å². The topological polar surface area (TPSA) is 89.8 Å². The maximum absolute atomic E-state index is 12.3. The van der Waals surface area contributed by atoms with E-state index in [1.807, 2.05) is 37.3 Å². The molecule has 7 heteroatoms. The minimum Gasteiger partial charge on any atom is -0.461 e. The predicted octanol–water partition coefficient (Wildman–Crippen LogP) is 3.25. The molecule has 0 unspecified atom stereocenters. The molecule has 0 radical (unpaired) electrons. The van der Waals surface area contributed by atoms with Crippen molar-refractivity contribution in [3.8, 4) is 0 Å². The third-order valence-electron chi connectivity index (χ3n) is 4.77. The first-order chi connectivity index (χ1) is 13.0. The van der Waals surface area contributed by atoms with Crippen molar-refractivity contribution in [1.29, 1.82) is 0 Å². The standard InChI is InChI=1S/C20H20N2O5/c1-14(16-5-3-2-4-6-16)21-12-17(11-19(21)23)20(24)27-13-15-7-9-18(10-8-15)22(25)26/h2-10,14,17H,11-13H2,1H3/t14-,17-/m0/s1. The van der Waals surface area contributed by atoms with E-state index in [2.05, 4.69) is 0 Å². The van der Waals surface area contributed by atoms with Crippen LogP contribution in [0.3, 0.4) is 0 Å². The lowest BCUT2D eigenvalue weighted by Gasteiger charge is -2.25. The Bertz CT molecular complexity index is 835. The molecule has 0 bridgehead atoms. The lowest BCUT2D eigenvalue weighted by molar-refractivity contribution is -0.384. The summed E-state index contributed by atoms with van der Waals surface area (Å²) < 4.78 is 5.31. The van der Waals surface area contributed by atoms with Crippen molar-refractivity contribution in [2.45, 2.75) is 26.0 Å². The molecule has 1 heterocycles. The molecule has 0 N–H and O–H groups in total. The number of hydrogen-bond acceptors (Lipinski definition) is 5. The number of likely N-dealkylation sites (tertiary alicyclic amines) is 1. The van der Waals surface area contributed by atoms with Gasteiger partial charge in [-0.15, -0.1) is 0 Å². The lowest BCUT2D eigenvalue weighted by atomic mass is 10.1. The van der Waals surface area contributed by atoms with Gasteiger partial charge < -0.3 is 9.64 Å². The van der Waals surface area contributed by atoms with E-state index in [1.54, 1.807) is 17.0 Å². The fourth-order valence-corrected chi connectivity index (χ4v) is 3.16. The zero-order chi connectivity index (χ0) is 19.4. The predicted molar refractivity (Wildman–Crippen MR) is 97.6 cm³/mol. The summed E-state index contributed by atoms with van der Waals surface area (Å²) >= 11 is 0. The Hall–Kier alpha value is -3.22. The highest BCUT2D eigenvalue weighted by atomic mass is 16.6. The highest BCUT2D eigenvalue weighted by molar-refractivity contribution is 5.87. The van der Waals surface area contributed by atoms with Crippen LogP contribution in [0.15, 0.2) is 54.6 Å². The summed E-state index contributed by atoms with van der Waals surface area (Å²) in [7, 11) is 0. The highest BCUT2D eigenvalue weighted by Crippen LogP contribution is 2.29. The normalized spacial score (nSPS) is 17.6. The first-order valence-electron chi connectivity index (χ1n) is 8.70. The molecule has 0 saturated carbocycles. The number of rotatable bonds is 6. The number of ether oxygens (including phenoxy) is 1. The third-order valence-corrected chi connectivity index (χ3v) is 4.77. The van der Waals surface area contributed by atoms with E-state index in [1.165, 1.54) is 12.1 Å². The number of benzene rings is 2. The molecule has 2 atom stereocenters. The molecule has 1 fully saturated rings. The minimum atomic E-state index is -0.498. The average Bonchev–Trinajstić information content (AvgIpc) is 3.08. The Morgan fingerprint density at radius 3 is 2.52 bits per heavy atom. The summed E-state index contributed by atoms with van der Waals surface area (Å²) in [5.74, 6) is -0.991. The molecule has 27 heavy (non-hydrogen) atoms. The van der Waals surface area contributed by atoms with Gasteiger partial charge in [-0.3, -0.25) is 19.7 Å². The van der Waals surface area contributed by atoms with Crippen LogP contribution in [0.4, 0.5) is 5.69 Å². The molecule has 0 spiro atoms. The van der Waals surface area contributed by atoms with Crippen molar-refractivity contribution in [3.63, 3.8) is 0 Å². The maximum atomic E-state index is 12.3. The van der Waals surface area contributed by atoms with Gasteiger partial charge in [0.2, 0.25) is 5.91 Å². The molecule has 7 nitrogen and oxygen atoms in total. The van der Waals surface area contributed by atoms with Gasteiger partial charge in [-0.25, -0.2) is 0 Å². The summed E-state index contributed by atoms with van der Waals surface area (Å²) in [6.45, 7) is 2.29. The lowest BCUT2D eigenvalue weighted by Crippen LogP contribution is -2.29. The molecule has 1 aliphatic rings. The molecule has 2 aromatic carbocycles. The second kappa shape index (κ2) is 7.99. The second-order valence-electron chi connectivity index (χ2n) is 6.57. The van der Waals surface area contributed by atoms with E-state index in [9.17, 15) is 19.7 Å². The van der Waals surface area contributed by atoms with E-state index in [0.29, 0.717) is 12.1 Å². The van der Waals surface area contributed by atoms with E-state index in [-0.39, 0.29) is 30.7 Å². The first-order valence-corrected chi connectivity index (χ1v) is 8.70. The number of esters is 1. The number of nitrogens with zero attached hydrogens (tertiary/aromatic N) is 2. The summed E-state index contributed by atoms with van der Waals surface area (Å²) in [5.41, 5.74) is 1.66. The molecule has 1 amide bonds. The van der Waals surface area contributed by atoms with Crippen LogP contribution in [0.1, 0.15) is 30.5 Å². The van der Waals surface area contributed by atoms with Gasteiger partial charge in [-0.1, -0.05) is 30.3 Å². The van der Waals surface area contributed by atoms with Gasteiger partial charge in [-0.2, -0.15) is 0 Å². The quantitative estimate of drug-likeness (QED) is 0.443. The Balaban J connectivity index is 1.56. The van der Waals surface area contributed by atoms with Crippen molar-refractivity contribution < 1.29 is 19.2 Å². The van der Waals surface area contributed by atoms with Gasteiger partial charge in [0.25, 0.3) is 5.69 Å². The van der Waals surface area contributed by atoms with Crippen molar-refractivity contribution in [2.75, 3.05) is 6.54 Å². The van der Waals surface area contributed by atoms with Crippen LogP contribution >= 0.6 is 0 Å². The first kappa shape index (κ1) is 18.6. The molecule has 2 aromatic rings. The van der Waals surface area contributed by atoms with Gasteiger partial charge >= 0.3 is 5.97 Å².